The van der Waals surface area contributed by atoms with Crippen LogP contribution >= 0.6 is 0 Å². The summed E-state index contributed by atoms with van der Waals surface area (Å²) in [6.07, 6.45) is 7.27. The molecule has 0 amide bonds. The Bertz CT molecular complexity index is 636. The number of hydrogen-bond donors (Lipinski definition) is 1. The largest absolute Gasteiger partial charge is 0.495 e. The Balaban J connectivity index is 2.32. The summed E-state index contributed by atoms with van der Waals surface area (Å²) in [5, 5.41) is 1.35. The number of nitrogens with zero attached hydrogens (tertiary/aromatic N) is 1. The zero-order chi connectivity index (χ0) is 14.3. The molecule has 1 aromatic heterocycles. The molecule has 0 radical (unpaired) electrons. The molecule has 2 aromatic rings. The maximum Gasteiger partial charge on any atom is 0.143 e. The molecular weight excluding hydrogens is 248 g/mol. The van der Waals surface area contributed by atoms with Crippen LogP contribution < -0.4 is 10.5 Å². The van der Waals surface area contributed by atoms with Crippen molar-refractivity contribution in [3.05, 3.63) is 29.5 Å². The van der Waals surface area contributed by atoms with Gasteiger partial charge in [0.1, 0.15) is 5.75 Å². The third-order valence-electron chi connectivity index (χ3n) is 5.04. The summed E-state index contributed by atoms with van der Waals surface area (Å²) in [5.41, 5.74) is 10.3. The van der Waals surface area contributed by atoms with Gasteiger partial charge in [-0.1, -0.05) is 18.9 Å². The van der Waals surface area contributed by atoms with Crippen molar-refractivity contribution in [2.45, 2.75) is 38.0 Å². The average molecular weight is 272 g/mol. The van der Waals surface area contributed by atoms with Gasteiger partial charge in [-0.15, -0.1) is 0 Å². The molecule has 1 aromatic carbocycles. The predicted octanol–water partition coefficient (Wildman–Crippen LogP) is 3.27. The topological polar surface area (TPSA) is 40.2 Å². The summed E-state index contributed by atoms with van der Waals surface area (Å²) in [5.74, 6) is 0.949. The standard InChI is InChI=1S/C17H24N2O/c1-12-6-7-14(20-3)16-15(12)13(10-19(16)2)17(11-18)8-4-5-9-17/h6-7,10H,4-5,8-9,11,18H2,1-3H3. The first-order valence-electron chi connectivity index (χ1n) is 7.46. The number of nitrogens with two attached hydrogens (primary N) is 1. The molecule has 3 heteroatoms. The van der Waals surface area contributed by atoms with E-state index in [1.165, 1.54) is 47.7 Å². The van der Waals surface area contributed by atoms with Gasteiger partial charge in [0.2, 0.25) is 0 Å². The molecule has 1 aliphatic rings. The van der Waals surface area contributed by atoms with E-state index in [0.717, 1.165) is 12.3 Å². The van der Waals surface area contributed by atoms with Crippen LogP contribution in [0.3, 0.4) is 0 Å². The van der Waals surface area contributed by atoms with Crippen LogP contribution in [0.4, 0.5) is 0 Å². The highest BCUT2D eigenvalue weighted by Crippen LogP contribution is 2.45. The minimum atomic E-state index is 0.163. The third kappa shape index (κ3) is 1.76. The van der Waals surface area contributed by atoms with Crippen LogP contribution in [0.25, 0.3) is 10.9 Å². The minimum absolute atomic E-state index is 0.163. The van der Waals surface area contributed by atoms with Gasteiger partial charge in [-0.3, -0.25) is 0 Å². The minimum Gasteiger partial charge on any atom is -0.495 e. The average Bonchev–Trinajstić information content (AvgIpc) is 3.06. The van der Waals surface area contributed by atoms with E-state index < -0.39 is 0 Å². The fourth-order valence-electron chi connectivity index (χ4n) is 3.89. The molecule has 1 fully saturated rings. The number of hydrogen-bond acceptors (Lipinski definition) is 2. The zero-order valence-electron chi connectivity index (χ0n) is 12.7. The highest BCUT2D eigenvalue weighted by molar-refractivity contribution is 5.92. The van der Waals surface area contributed by atoms with Crippen LogP contribution in [0.15, 0.2) is 18.3 Å². The molecule has 0 saturated heterocycles. The van der Waals surface area contributed by atoms with Crippen LogP contribution in [0, 0.1) is 6.92 Å². The predicted molar refractivity (Wildman–Crippen MR) is 83.4 cm³/mol. The van der Waals surface area contributed by atoms with Gasteiger partial charge in [-0.25, -0.2) is 0 Å². The van der Waals surface area contributed by atoms with E-state index >= 15 is 0 Å². The maximum atomic E-state index is 6.18. The van der Waals surface area contributed by atoms with Crippen molar-refractivity contribution in [3.63, 3.8) is 0 Å². The molecular formula is C17H24N2O. The van der Waals surface area contributed by atoms with E-state index in [0.29, 0.717) is 0 Å². The van der Waals surface area contributed by atoms with Crippen LogP contribution in [-0.4, -0.2) is 18.2 Å². The molecule has 20 heavy (non-hydrogen) atoms. The normalized spacial score (nSPS) is 17.8. The smallest absolute Gasteiger partial charge is 0.143 e. The Morgan fingerprint density at radius 3 is 2.60 bits per heavy atom. The number of fused-ring (bicyclic) bond motifs is 1. The Morgan fingerprint density at radius 1 is 1.30 bits per heavy atom. The summed E-state index contributed by atoms with van der Waals surface area (Å²) in [4.78, 5) is 0. The van der Waals surface area contributed by atoms with E-state index in [9.17, 15) is 0 Å². The van der Waals surface area contributed by atoms with Crippen molar-refractivity contribution in [3.8, 4) is 5.75 Å². The van der Waals surface area contributed by atoms with Crippen LogP contribution in [-0.2, 0) is 12.5 Å². The quantitative estimate of drug-likeness (QED) is 0.931. The summed E-state index contributed by atoms with van der Waals surface area (Å²) in [7, 11) is 3.85. The maximum absolute atomic E-state index is 6.18. The van der Waals surface area contributed by atoms with Crippen molar-refractivity contribution >= 4 is 10.9 Å². The molecule has 0 spiro atoms. The second-order valence-electron chi connectivity index (χ2n) is 6.15. The molecule has 2 N–H and O–H groups in total. The van der Waals surface area contributed by atoms with Crippen molar-refractivity contribution in [2.24, 2.45) is 12.8 Å². The van der Waals surface area contributed by atoms with Gasteiger partial charge < -0.3 is 15.0 Å². The van der Waals surface area contributed by atoms with Crippen molar-refractivity contribution in [2.75, 3.05) is 13.7 Å². The number of ether oxygens (including phenoxy) is 1. The van der Waals surface area contributed by atoms with Gasteiger partial charge in [-0.05, 0) is 37.0 Å². The Hall–Kier alpha value is -1.48. The van der Waals surface area contributed by atoms with Crippen LogP contribution in [0.1, 0.15) is 36.8 Å². The molecule has 1 saturated carbocycles. The highest BCUT2D eigenvalue weighted by Gasteiger charge is 2.37. The van der Waals surface area contributed by atoms with Crippen molar-refractivity contribution < 1.29 is 4.74 Å². The van der Waals surface area contributed by atoms with Crippen LogP contribution in [0.2, 0.25) is 0 Å². The lowest BCUT2D eigenvalue weighted by molar-refractivity contribution is 0.418. The van der Waals surface area contributed by atoms with Gasteiger partial charge in [-0.2, -0.15) is 0 Å². The third-order valence-corrected chi connectivity index (χ3v) is 5.04. The fourth-order valence-corrected chi connectivity index (χ4v) is 3.89. The number of methoxy groups -OCH3 is 1. The van der Waals surface area contributed by atoms with Gasteiger partial charge in [0.25, 0.3) is 0 Å². The Labute approximate surface area is 120 Å². The number of rotatable bonds is 3. The number of aromatic nitrogens is 1. The number of aryl methyl sites for hydroxylation is 2. The molecule has 0 bridgehead atoms. The summed E-state index contributed by atoms with van der Waals surface area (Å²) < 4.78 is 7.75. The van der Waals surface area contributed by atoms with E-state index in [2.05, 4.69) is 36.9 Å². The number of benzene rings is 1. The van der Waals surface area contributed by atoms with E-state index in [4.69, 9.17) is 10.5 Å². The van der Waals surface area contributed by atoms with Crippen LogP contribution in [0.5, 0.6) is 5.75 Å². The first-order valence-corrected chi connectivity index (χ1v) is 7.46. The molecule has 3 nitrogen and oxygen atoms in total. The van der Waals surface area contributed by atoms with Crippen molar-refractivity contribution in [1.29, 1.82) is 0 Å². The first-order chi connectivity index (χ1) is 9.63. The molecule has 1 aliphatic carbocycles. The molecule has 0 aliphatic heterocycles. The second kappa shape index (κ2) is 4.81. The molecule has 0 unspecified atom stereocenters. The second-order valence-corrected chi connectivity index (χ2v) is 6.15. The first kappa shape index (κ1) is 13.5. The van der Waals surface area contributed by atoms with Gasteiger partial charge in [0.05, 0.1) is 12.6 Å². The Kier molecular flexibility index (Phi) is 3.25. The molecule has 3 rings (SSSR count). The van der Waals surface area contributed by atoms with Gasteiger partial charge in [0.15, 0.2) is 0 Å². The lowest BCUT2D eigenvalue weighted by Gasteiger charge is -2.27. The fraction of sp³-hybridized carbons (Fsp3) is 0.529. The zero-order valence-corrected chi connectivity index (χ0v) is 12.7. The van der Waals surface area contributed by atoms with E-state index in [1.54, 1.807) is 7.11 Å². The van der Waals surface area contributed by atoms with Gasteiger partial charge >= 0.3 is 0 Å². The van der Waals surface area contributed by atoms with Gasteiger partial charge in [0, 0.05) is 30.6 Å². The Morgan fingerprint density at radius 2 is 2.00 bits per heavy atom. The summed E-state index contributed by atoms with van der Waals surface area (Å²) in [6.45, 7) is 2.92. The van der Waals surface area contributed by atoms with Crippen molar-refractivity contribution in [1.82, 2.24) is 4.57 Å². The van der Waals surface area contributed by atoms with E-state index in [-0.39, 0.29) is 5.41 Å². The summed E-state index contributed by atoms with van der Waals surface area (Å²) >= 11 is 0. The SMILES string of the molecule is COc1ccc(C)c2c(C3(CN)CCCC3)cn(C)c12. The lowest BCUT2D eigenvalue weighted by atomic mass is 9.78. The molecule has 0 atom stereocenters. The lowest BCUT2D eigenvalue weighted by Crippen LogP contribution is -2.31. The highest BCUT2D eigenvalue weighted by atomic mass is 16.5. The van der Waals surface area contributed by atoms with E-state index in [1.807, 2.05) is 0 Å². The molecule has 108 valence electrons. The molecule has 1 heterocycles. The monoisotopic (exact) mass is 272 g/mol. The summed E-state index contributed by atoms with van der Waals surface area (Å²) in [6, 6.07) is 4.22.